The Morgan fingerprint density at radius 1 is 1.35 bits per heavy atom. The van der Waals surface area contributed by atoms with Gasteiger partial charge in [-0.1, -0.05) is 29.6 Å². The van der Waals surface area contributed by atoms with Gasteiger partial charge in [0.05, 0.1) is 17.3 Å². The van der Waals surface area contributed by atoms with Crippen molar-refractivity contribution in [3.63, 3.8) is 0 Å². The summed E-state index contributed by atoms with van der Waals surface area (Å²) >= 11 is 11.7. The van der Waals surface area contributed by atoms with Gasteiger partial charge in [0.15, 0.2) is 0 Å². The normalized spacial score (nSPS) is 20.9. The van der Waals surface area contributed by atoms with E-state index >= 15 is 0 Å². The molecule has 1 aliphatic heterocycles. The minimum absolute atomic E-state index is 0.185. The quantitative estimate of drug-likeness (QED) is 0.886. The molecule has 0 bridgehead atoms. The molecule has 1 heterocycles. The molecule has 112 valence electrons. The third-order valence-electron chi connectivity index (χ3n) is 3.26. The van der Waals surface area contributed by atoms with E-state index in [1.165, 1.54) is 16.4 Å². The van der Waals surface area contributed by atoms with Crippen molar-refractivity contribution in [3.05, 3.63) is 28.2 Å². The van der Waals surface area contributed by atoms with Gasteiger partial charge in [0.25, 0.3) is 0 Å². The molecule has 1 aromatic rings. The van der Waals surface area contributed by atoms with Gasteiger partial charge in [0.1, 0.15) is 0 Å². The maximum atomic E-state index is 12.4. The van der Waals surface area contributed by atoms with E-state index in [0.29, 0.717) is 18.0 Å². The van der Waals surface area contributed by atoms with Crippen molar-refractivity contribution >= 4 is 39.1 Å². The molecule has 0 aliphatic carbocycles. The highest BCUT2D eigenvalue weighted by Crippen LogP contribution is 2.28. The highest BCUT2D eigenvalue weighted by Gasteiger charge is 2.32. The van der Waals surface area contributed by atoms with E-state index in [4.69, 9.17) is 23.2 Å². The van der Waals surface area contributed by atoms with Crippen molar-refractivity contribution in [3.8, 4) is 0 Å². The van der Waals surface area contributed by atoms with Gasteiger partial charge in [-0.05, 0) is 31.0 Å². The Kier molecular flexibility index (Phi) is 5.14. The summed E-state index contributed by atoms with van der Waals surface area (Å²) in [4.78, 5) is 0. The number of nitrogens with zero attached hydrogens (tertiary/aromatic N) is 1. The van der Waals surface area contributed by atoms with Crippen LogP contribution in [0.1, 0.15) is 19.3 Å². The number of nitrogens with one attached hydrogen (secondary N) is 1. The van der Waals surface area contributed by atoms with Crippen molar-refractivity contribution in [2.45, 2.75) is 25.3 Å². The fraction of sp³-hybridized carbons (Fsp3) is 0.500. The minimum atomic E-state index is -3.74. The molecule has 0 amide bonds. The van der Waals surface area contributed by atoms with Crippen LogP contribution < -0.4 is 4.72 Å². The molecule has 1 unspecified atom stereocenters. The van der Waals surface area contributed by atoms with E-state index < -0.39 is 10.2 Å². The van der Waals surface area contributed by atoms with E-state index in [0.717, 1.165) is 12.8 Å². The van der Waals surface area contributed by atoms with Crippen LogP contribution in [0.15, 0.2) is 18.2 Å². The van der Waals surface area contributed by atoms with Crippen LogP contribution in [-0.4, -0.2) is 37.0 Å². The molecule has 0 radical (unpaired) electrons. The second-order valence-electron chi connectivity index (χ2n) is 4.67. The number of aliphatic hydroxyl groups excluding tert-OH is 1. The SMILES string of the molecule is O=S(=O)(Nc1ccc(Cl)cc1Cl)N1CCCCC1CO. The summed E-state index contributed by atoms with van der Waals surface area (Å²) in [7, 11) is -3.74. The molecule has 1 atom stereocenters. The van der Waals surface area contributed by atoms with Gasteiger partial charge in [-0.3, -0.25) is 4.72 Å². The second kappa shape index (κ2) is 6.49. The molecule has 0 spiro atoms. The van der Waals surface area contributed by atoms with Crippen LogP contribution in [0.3, 0.4) is 0 Å². The fourth-order valence-corrected chi connectivity index (χ4v) is 4.26. The number of aliphatic hydroxyl groups is 1. The van der Waals surface area contributed by atoms with E-state index in [1.807, 2.05) is 0 Å². The minimum Gasteiger partial charge on any atom is -0.395 e. The van der Waals surface area contributed by atoms with Gasteiger partial charge >= 0.3 is 10.2 Å². The lowest BCUT2D eigenvalue weighted by atomic mass is 10.1. The average molecular weight is 339 g/mol. The van der Waals surface area contributed by atoms with Crippen LogP contribution in [0, 0.1) is 0 Å². The Morgan fingerprint density at radius 3 is 2.75 bits per heavy atom. The average Bonchev–Trinajstić information content (AvgIpc) is 2.42. The Balaban J connectivity index is 2.21. The van der Waals surface area contributed by atoms with Crippen molar-refractivity contribution in [2.75, 3.05) is 17.9 Å². The van der Waals surface area contributed by atoms with Gasteiger partial charge in [-0.25, -0.2) is 0 Å². The molecular formula is C12H16Cl2N2O3S. The first kappa shape index (κ1) is 15.9. The van der Waals surface area contributed by atoms with Crippen molar-refractivity contribution in [2.24, 2.45) is 0 Å². The van der Waals surface area contributed by atoms with Crippen LogP contribution in [0.4, 0.5) is 5.69 Å². The third-order valence-corrected chi connectivity index (χ3v) is 5.39. The van der Waals surface area contributed by atoms with E-state index in [2.05, 4.69) is 4.72 Å². The maximum Gasteiger partial charge on any atom is 0.302 e. The lowest BCUT2D eigenvalue weighted by Crippen LogP contribution is -2.47. The number of halogens is 2. The fourth-order valence-electron chi connectivity index (χ4n) is 2.24. The first-order valence-corrected chi connectivity index (χ1v) is 8.49. The first-order chi connectivity index (χ1) is 9.44. The van der Waals surface area contributed by atoms with Crippen LogP contribution in [0.5, 0.6) is 0 Å². The van der Waals surface area contributed by atoms with Crippen molar-refractivity contribution in [1.82, 2.24) is 4.31 Å². The molecule has 1 saturated heterocycles. The molecule has 8 heteroatoms. The lowest BCUT2D eigenvalue weighted by molar-refractivity contribution is 0.156. The Labute approximate surface area is 128 Å². The zero-order valence-electron chi connectivity index (χ0n) is 10.7. The Bertz CT molecular complexity index is 580. The zero-order chi connectivity index (χ0) is 14.8. The highest BCUT2D eigenvalue weighted by atomic mass is 35.5. The van der Waals surface area contributed by atoms with Crippen LogP contribution >= 0.6 is 23.2 Å². The standard InChI is InChI=1S/C12H16Cl2N2O3S/c13-9-4-5-12(11(14)7-9)15-20(18,19)16-6-2-1-3-10(16)8-17/h4-5,7,10,15,17H,1-3,6,8H2. The van der Waals surface area contributed by atoms with Gasteiger partial charge in [-0.15, -0.1) is 0 Å². The summed E-state index contributed by atoms with van der Waals surface area (Å²) in [6.45, 7) is 0.209. The molecule has 0 aromatic heterocycles. The molecule has 0 saturated carbocycles. The molecule has 2 N–H and O–H groups in total. The Hall–Kier alpha value is -0.530. The predicted octanol–water partition coefficient (Wildman–Crippen LogP) is 2.50. The maximum absolute atomic E-state index is 12.4. The molecular weight excluding hydrogens is 323 g/mol. The number of piperidine rings is 1. The van der Waals surface area contributed by atoms with Crippen molar-refractivity contribution in [1.29, 1.82) is 0 Å². The van der Waals surface area contributed by atoms with Crippen LogP contribution in [-0.2, 0) is 10.2 Å². The summed E-state index contributed by atoms with van der Waals surface area (Å²) in [6, 6.07) is 4.17. The second-order valence-corrected chi connectivity index (χ2v) is 7.14. The van der Waals surface area contributed by atoms with Gasteiger partial charge < -0.3 is 5.11 Å². The monoisotopic (exact) mass is 338 g/mol. The summed E-state index contributed by atoms with van der Waals surface area (Å²) in [5.41, 5.74) is 0.276. The van der Waals surface area contributed by atoms with E-state index in [1.54, 1.807) is 6.07 Å². The summed E-state index contributed by atoms with van der Waals surface area (Å²) in [5.74, 6) is 0. The Morgan fingerprint density at radius 2 is 2.10 bits per heavy atom. The number of hydrogen-bond donors (Lipinski definition) is 2. The summed E-state index contributed by atoms with van der Waals surface area (Å²) in [6.07, 6.45) is 2.36. The topological polar surface area (TPSA) is 69.6 Å². The molecule has 1 aliphatic rings. The zero-order valence-corrected chi connectivity index (χ0v) is 13.0. The molecule has 1 aromatic carbocycles. The molecule has 2 rings (SSSR count). The van der Waals surface area contributed by atoms with Crippen molar-refractivity contribution < 1.29 is 13.5 Å². The van der Waals surface area contributed by atoms with E-state index in [-0.39, 0.29) is 23.4 Å². The molecule has 1 fully saturated rings. The smallest absolute Gasteiger partial charge is 0.302 e. The largest absolute Gasteiger partial charge is 0.395 e. The van der Waals surface area contributed by atoms with E-state index in [9.17, 15) is 13.5 Å². The van der Waals surface area contributed by atoms with Gasteiger partial charge in [-0.2, -0.15) is 12.7 Å². The number of hydrogen-bond acceptors (Lipinski definition) is 3. The van der Waals surface area contributed by atoms with Crippen LogP contribution in [0.25, 0.3) is 0 Å². The summed E-state index contributed by atoms with van der Waals surface area (Å²) in [5, 5.41) is 9.97. The third kappa shape index (κ3) is 3.56. The lowest BCUT2D eigenvalue weighted by Gasteiger charge is -2.33. The van der Waals surface area contributed by atoms with Gasteiger partial charge in [0.2, 0.25) is 0 Å². The number of rotatable bonds is 4. The van der Waals surface area contributed by atoms with Gasteiger partial charge in [0, 0.05) is 17.6 Å². The summed E-state index contributed by atoms with van der Waals surface area (Å²) < 4.78 is 28.5. The molecule has 5 nitrogen and oxygen atoms in total. The number of benzene rings is 1. The highest BCUT2D eigenvalue weighted by molar-refractivity contribution is 7.90. The van der Waals surface area contributed by atoms with Crippen LogP contribution in [0.2, 0.25) is 10.0 Å². The first-order valence-electron chi connectivity index (χ1n) is 6.29. The predicted molar refractivity (Wildman–Crippen MR) is 80.4 cm³/mol. The number of anilines is 1. The molecule has 20 heavy (non-hydrogen) atoms.